The van der Waals surface area contributed by atoms with Crippen molar-refractivity contribution in [3.05, 3.63) is 61.8 Å². The van der Waals surface area contributed by atoms with Gasteiger partial charge in [0, 0.05) is 22.5 Å². The fraction of sp³-hybridized carbons (Fsp3) is 0.250. The van der Waals surface area contributed by atoms with Crippen LogP contribution in [0.5, 0.6) is 0 Å². The number of fused-ring (bicyclic) bond motifs is 1. The molecular weight excluding hydrogens is 300 g/mol. The number of ether oxygens (including phenoxy) is 1. The lowest BCUT2D eigenvalue weighted by molar-refractivity contribution is -0.138. The van der Waals surface area contributed by atoms with Crippen molar-refractivity contribution in [3.8, 4) is 0 Å². The van der Waals surface area contributed by atoms with E-state index in [9.17, 15) is 9.59 Å². The predicted octanol–water partition coefficient (Wildman–Crippen LogP) is 2.83. The molecule has 0 saturated heterocycles. The van der Waals surface area contributed by atoms with Crippen LogP contribution in [-0.2, 0) is 9.53 Å². The first-order valence-electron chi connectivity index (χ1n) is 7.03. The Kier molecular flexibility index (Phi) is 3.85. The maximum atomic E-state index is 12.4. The fourth-order valence-electron chi connectivity index (χ4n) is 2.74. The van der Waals surface area contributed by atoms with E-state index >= 15 is 0 Å². The molecular formula is C16H16N2O3S. The fourth-order valence-corrected chi connectivity index (χ4v) is 3.58. The Labute approximate surface area is 131 Å². The zero-order chi connectivity index (χ0) is 15.7. The van der Waals surface area contributed by atoms with Gasteiger partial charge < -0.3 is 15.0 Å². The largest absolute Gasteiger partial charge is 0.463 e. The average molecular weight is 316 g/mol. The van der Waals surface area contributed by atoms with Crippen molar-refractivity contribution in [1.82, 2.24) is 4.98 Å². The minimum Gasteiger partial charge on any atom is -0.463 e. The number of anilines is 1. The molecule has 22 heavy (non-hydrogen) atoms. The molecule has 0 spiro atoms. The normalized spacial score (nSPS) is 16.9. The van der Waals surface area contributed by atoms with E-state index in [1.807, 2.05) is 30.5 Å². The number of esters is 1. The molecule has 1 unspecified atom stereocenters. The summed E-state index contributed by atoms with van der Waals surface area (Å²) in [5.74, 6) is -0.792. The third-order valence-corrected chi connectivity index (χ3v) is 4.56. The Bertz CT molecular complexity index is 790. The number of carbonyl (C=O) groups is 1. The number of nitrogens with one attached hydrogen (secondary N) is 2. The summed E-state index contributed by atoms with van der Waals surface area (Å²) in [6.07, 6.45) is 1.60. The van der Waals surface area contributed by atoms with Crippen LogP contribution in [0.3, 0.4) is 0 Å². The molecule has 1 aliphatic heterocycles. The van der Waals surface area contributed by atoms with Gasteiger partial charge in [0.2, 0.25) is 0 Å². The summed E-state index contributed by atoms with van der Waals surface area (Å²) in [5.41, 5.74) is 2.30. The summed E-state index contributed by atoms with van der Waals surface area (Å²) in [6, 6.07) is 5.66. The molecule has 0 radical (unpaired) electrons. The second kappa shape index (κ2) is 5.81. The number of pyridine rings is 1. The number of hydrogen-bond donors (Lipinski definition) is 2. The Morgan fingerprint density at radius 1 is 1.41 bits per heavy atom. The molecule has 0 aromatic carbocycles. The van der Waals surface area contributed by atoms with E-state index in [1.165, 1.54) is 11.3 Å². The van der Waals surface area contributed by atoms with E-state index in [0.717, 1.165) is 16.3 Å². The van der Waals surface area contributed by atoms with Gasteiger partial charge in [-0.15, -0.1) is 11.3 Å². The second-order valence-electron chi connectivity index (χ2n) is 4.97. The summed E-state index contributed by atoms with van der Waals surface area (Å²) in [7, 11) is 0. The van der Waals surface area contributed by atoms with Crippen LogP contribution in [0.4, 0.5) is 5.69 Å². The molecule has 3 rings (SSSR count). The SMILES string of the molecule is CCOC(=O)C1=C(C)Nc2cc[nH]c(=O)c2C1c1cccs1. The van der Waals surface area contributed by atoms with E-state index < -0.39 is 5.92 Å². The highest BCUT2D eigenvalue weighted by Gasteiger charge is 2.35. The van der Waals surface area contributed by atoms with Crippen LogP contribution < -0.4 is 10.9 Å². The standard InChI is InChI=1S/C16H16N2O3S/c1-3-21-16(20)12-9(2)18-10-6-7-17-15(19)13(10)14(12)11-5-4-8-22-11/h4-8,14,18H,3H2,1-2H3,(H,17,19). The molecule has 0 bridgehead atoms. The number of thiophene rings is 1. The first-order valence-corrected chi connectivity index (χ1v) is 7.91. The number of aromatic nitrogens is 1. The summed E-state index contributed by atoms with van der Waals surface area (Å²) < 4.78 is 5.19. The van der Waals surface area contributed by atoms with Crippen LogP contribution in [0.25, 0.3) is 0 Å². The number of aromatic amines is 1. The topological polar surface area (TPSA) is 71.2 Å². The van der Waals surface area contributed by atoms with Gasteiger partial charge in [0.15, 0.2) is 0 Å². The van der Waals surface area contributed by atoms with Gasteiger partial charge in [-0.05, 0) is 31.4 Å². The molecule has 2 aromatic heterocycles. The van der Waals surface area contributed by atoms with E-state index in [-0.39, 0.29) is 11.5 Å². The first kappa shape index (κ1) is 14.6. The van der Waals surface area contributed by atoms with Gasteiger partial charge in [-0.25, -0.2) is 4.79 Å². The smallest absolute Gasteiger partial charge is 0.336 e. The lowest BCUT2D eigenvalue weighted by atomic mass is 9.85. The second-order valence-corrected chi connectivity index (χ2v) is 5.95. The van der Waals surface area contributed by atoms with Crippen molar-refractivity contribution >= 4 is 23.0 Å². The monoisotopic (exact) mass is 316 g/mol. The first-order chi connectivity index (χ1) is 10.6. The summed E-state index contributed by atoms with van der Waals surface area (Å²) in [5, 5.41) is 5.08. The highest BCUT2D eigenvalue weighted by atomic mass is 32.1. The number of carbonyl (C=O) groups excluding carboxylic acids is 1. The Morgan fingerprint density at radius 3 is 2.91 bits per heavy atom. The lowest BCUT2D eigenvalue weighted by Gasteiger charge is -2.28. The van der Waals surface area contributed by atoms with E-state index in [1.54, 1.807) is 13.1 Å². The van der Waals surface area contributed by atoms with Crippen molar-refractivity contribution < 1.29 is 9.53 Å². The number of H-pyrrole nitrogens is 1. The van der Waals surface area contributed by atoms with Gasteiger partial charge in [-0.2, -0.15) is 0 Å². The highest BCUT2D eigenvalue weighted by molar-refractivity contribution is 7.10. The molecule has 6 heteroatoms. The van der Waals surface area contributed by atoms with Crippen molar-refractivity contribution in [2.75, 3.05) is 11.9 Å². The third-order valence-electron chi connectivity index (χ3n) is 3.63. The number of rotatable bonds is 3. The van der Waals surface area contributed by atoms with E-state index in [2.05, 4.69) is 10.3 Å². The van der Waals surface area contributed by atoms with Gasteiger partial charge in [0.25, 0.3) is 5.56 Å². The highest BCUT2D eigenvalue weighted by Crippen LogP contribution is 2.41. The summed E-state index contributed by atoms with van der Waals surface area (Å²) >= 11 is 1.52. The number of allylic oxidation sites excluding steroid dienone is 1. The summed E-state index contributed by atoms with van der Waals surface area (Å²) in [4.78, 5) is 28.4. The van der Waals surface area contributed by atoms with Crippen molar-refractivity contribution in [3.63, 3.8) is 0 Å². The van der Waals surface area contributed by atoms with Crippen LogP contribution in [0, 0.1) is 0 Å². The molecule has 5 nitrogen and oxygen atoms in total. The van der Waals surface area contributed by atoms with Gasteiger partial charge in [-0.3, -0.25) is 4.79 Å². The minimum absolute atomic E-state index is 0.197. The summed E-state index contributed by atoms with van der Waals surface area (Å²) in [6.45, 7) is 3.90. The molecule has 1 atom stereocenters. The minimum atomic E-state index is -0.403. The van der Waals surface area contributed by atoms with Gasteiger partial charge in [-0.1, -0.05) is 6.07 Å². The lowest BCUT2D eigenvalue weighted by Crippen LogP contribution is -2.29. The van der Waals surface area contributed by atoms with Crippen LogP contribution in [0.1, 0.15) is 30.2 Å². The maximum absolute atomic E-state index is 12.4. The predicted molar refractivity (Wildman–Crippen MR) is 86.2 cm³/mol. The van der Waals surface area contributed by atoms with Crippen LogP contribution in [0.15, 0.2) is 45.8 Å². The van der Waals surface area contributed by atoms with Crippen LogP contribution >= 0.6 is 11.3 Å². The third kappa shape index (κ3) is 2.35. The molecule has 114 valence electrons. The molecule has 3 heterocycles. The van der Waals surface area contributed by atoms with Crippen molar-refractivity contribution in [1.29, 1.82) is 0 Å². The van der Waals surface area contributed by atoms with Crippen molar-refractivity contribution in [2.45, 2.75) is 19.8 Å². The Hall–Kier alpha value is -2.34. The molecule has 0 amide bonds. The van der Waals surface area contributed by atoms with Crippen molar-refractivity contribution in [2.24, 2.45) is 0 Å². The number of hydrogen-bond acceptors (Lipinski definition) is 5. The zero-order valence-electron chi connectivity index (χ0n) is 12.3. The Balaban J connectivity index is 2.23. The van der Waals surface area contributed by atoms with Crippen LogP contribution in [-0.4, -0.2) is 17.6 Å². The molecule has 0 aliphatic carbocycles. The Morgan fingerprint density at radius 2 is 2.23 bits per heavy atom. The molecule has 0 fully saturated rings. The van der Waals surface area contributed by atoms with Gasteiger partial charge >= 0.3 is 5.97 Å². The average Bonchev–Trinajstić information content (AvgIpc) is 3.00. The van der Waals surface area contributed by atoms with Crippen LogP contribution in [0.2, 0.25) is 0 Å². The van der Waals surface area contributed by atoms with Gasteiger partial charge in [0.05, 0.1) is 23.7 Å². The zero-order valence-corrected chi connectivity index (χ0v) is 13.1. The van der Waals surface area contributed by atoms with E-state index in [0.29, 0.717) is 17.7 Å². The molecule has 1 aliphatic rings. The maximum Gasteiger partial charge on any atom is 0.336 e. The molecule has 2 N–H and O–H groups in total. The molecule has 0 saturated carbocycles. The van der Waals surface area contributed by atoms with E-state index in [4.69, 9.17) is 4.74 Å². The quantitative estimate of drug-likeness (QED) is 0.854. The van der Waals surface area contributed by atoms with Gasteiger partial charge in [0.1, 0.15) is 0 Å². The molecule has 2 aromatic rings.